The van der Waals surface area contributed by atoms with Crippen molar-refractivity contribution in [2.24, 2.45) is 0 Å². The van der Waals surface area contributed by atoms with Gasteiger partial charge in [-0.15, -0.1) is 5.10 Å². The Hall–Kier alpha value is -4.21. The van der Waals surface area contributed by atoms with Gasteiger partial charge in [0.1, 0.15) is 6.54 Å². The Morgan fingerprint density at radius 2 is 1.97 bits per heavy atom. The van der Waals surface area contributed by atoms with E-state index in [9.17, 15) is 9.59 Å². The van der Waals surface area contributed by atoms with Crippen molar-refractivity contribution in [3.8, 4) is 11.1 Å². The first kappa shape index (κ1) is 18.8. The molecule has 1 aliphatic rings. The maximum absolute atomic E-state index is 12.1. The van der Waals surface area contributed by atoms with Crippen LogP contribution in [0.1, 0.15) is 23.2 Å². The molecule has 10 heteroatoms. The number of hydrogen-bond acceptors (Lipinski definition) is 6. The van der Waals surface area contributed by atoms with Crippen LogP contribution in [0.3, 0.4) is 0 Å². The van der Waals surface area contributed by atoms with Crippen molar-refractivity contribution < 1.29 is 14.7 Å². The summed E-state index contributed by atoms with van der Waals surface area (Å²) in [6.07, 6.45) is 7.15. The topological polar surface area (TPSA) is 126 Å². The van der Waals surface area contributed by atoms with Crippen molar-refractivity contribution in [3.05, 3.63) is 60.6 Å². The smallest absolute Gasteiger partial charge is 0.325 e. The number of carbonyl (C=O) groups excluding carboxylic acids is 1. The molecule has 0 radical (unpaired) electrons. The molecule has 0 atom stereocenters. The number of rotatable bonds is 7. The van der Waals surface area contributed by atoms with Crippen molar-refractivity contribution in [1.29, 1.82) is 0 Å². The number of aromatic nitrogens is 5. The van der Waals surface area contributed by atoms with Crippen molar-refractivity contribution in [1.82, 2.24) is 29.7 Å². The highest BCUT2D eigenvalue weighted by molar-refractivity contribution is 5.95. The summed E-state index contributed by atoms with van der Waals surface area (Å²) in [4.78, 5) is 27.6. The summed E-state index contributed by atoms with van der Waals surface area (Å²) >= 11 is 0. The summed E-state index contributed by atoms with van der Waals surface area (Å²) < 4.78 is 3.00. The zero-order valence-corrected chi connectivity index (χ0v) is 16.4. The number of amides is 1. The number of nitrogens with one attached hydrogen (secondary N) is 2. The number of carboxylic acid groups (broad SMARTS) is 1. The molecule has 10 nitrogen and oxygen atoms in total. The fraction of sp³-hybridized carbons (Fsp3) is 0.190. The van der Waals surface area contributed by atoms with Gasteiger partial charge in [0.15, 0.2) is 5.65 Å². The van der Waals surface area contributed by atoms with Gasteiger partial charge in [-0.3, -0.25) is 14.3 Å². The van der Waals surface area contributed by atoms with Crippen LogP contribution in [0.4, 0.5) is 11.6 Å². The molecule has 3 N–H and O–H groups in total. The summed E-state index contributed by atoms with van der Waals surface area (Å²) in [6.45, 7) is -0.211. The highest BCUT2D eigenvalue weighted by Gasteiger charge is 2.23. The molecule has 0 saturated heterocycles. The Balaban J connectivity index is 1.36. The van der Waals surface area contributed by atoms with E-state index < -0.39 is 5.97 Å². The number of carboxylic acids is 1. The molecule has 0 aliphatic heterocycles. The normalized spacial score (nSPS) is 13.3. The Morgan fingerprint density at radius 3 is 2.71 bits per heavy atom. The standard InChI is InChI=1S/C21H19N7O3/c29-18(30)12-27-11-14(10-22-27)17-2-1-9-28-19(17)25-21(26-28)24-16-5-3-13(4-6-16)20(31)23-15-7-8-15/h1-6,9-11,15H,7-8,12H2,(H,23,31)(H,24,26)(H,29,30). The zero-order valence-electron chi connectivity index (χ0n) is 16.4. The molecule has 1 amide bonds. The summed E-state index contributed by atoms with van der Waals surface area (Å²) in [5.74, 6) is -0.619. The molecule has 4 aromatic rings. The van der Waals surface area contributed by atoms with Gasteiger partial charge in [-0.25, -0.2) is 4.52 Å². The van der Waals surface area contributed by atoms with Crippen LogP contribution in [-0.4, -0.2) is 47.4 Å². The van der Waals surface area contributed by atoms with Crippen LogP contribution < -0.4 is 10.6 Å². The van der Waals surface area contributed by atoms with Crippen molar-refractivity contribution in [2.75, 3.05) is 5.32 Å². The first-order chi connectivity index (χ1) is 15.0. The summed E-state index contributed by atoms with van der Waals surface area (Å²) in [5.41, 5.74) is 3.51. The molecule has 1 aliphatic carbocycles. The third-order valence-corrected chi connectivity index (χ3v) is 4.92. The predicted molar refractivity (Wildman–Crippen MR) is 112 cm³/mol. The fourth-order valence-corrected chi connectivity index (χ4v) is 3.24. The molecular formula is C21H19N7O3. The monoisotopic (exact) mass is 417 g/mol. The van der Waals surface area contributed by atoms with Gasteiger partial charge in [-0.1, -0.05) is 0 Å². The van der Waals surface area contributed by atoms with E-state index in [0.717, 1.165) is 29.7 Å². The van der Waals surface area contributed by atoms with E-state index in [0.29, 0.717) is 23.2 Å². The minimum absolute atomic E-state index is 0.0620. The molecule has 3 heterocycles. The Morgan fingerprint density at radius 1 is 1.16 bits per heavy atom. The molecule has 1 fully saturated rings. The Labute approximate surface area is 176 Å². The van der Waals surface area contributed by atoms with Crippen molar-refractivity contribution >= 4 is 29.2 Å². The number of nitrogens with zero attached hydrogens (tertiary/aromatic N) is 5. The van der Waals surface area contributed by atoms with Gasteiger partial charge in [-0.2, -0.15) is 10.1 Å². The SMILES string of the molecule is O=C(O)Cn1cc(-c2cccn3nc(Nc4ccc(C(=O)NC5CC5)cc4)nc23)cn1. The lowest BCUT2D eigenvalue weighted by Crippen LogP contribution is -2.25. The lowest BCUT2D eigenvalue weighted by Gasteiger charge is -2.05. The van der Waals surface area contributed by atoms with Gasteiger partial charge in [-0.05, 0) is 49.2 Å². The average molecular weight is 417 g/mol. The number of aliphatic carboxylic acids is 1. The summed E-state index contributed by atoms with van der Waals surface area (Å²) in [5, 5.41) is 23.6. The molecule has 0 bridgehead atoms. The second-order valence-corrected chi connectivity index (χ2v) is 7.40. The van der Waals surface area contributed by atoms with Crippen molar-refractivity contribution in [3.63, 3.8) is 0 Å². The van der Waals surface area contributed by atoms with Crippen LogP contribution in [0.25, 0.3) is 16.8 Å². The average Bonchev–Trinajstić information content (AvgIpc) is 3.28. The molecule has 5 rings (SSSR count). The number of benzene rings is 1. The van der Waals surface area contributed by atoms with Crippen LogP contribution in [0, 0.1) is 0 Å². The van der Waals surface area contributed by atoms with E-state index in [1.165, 1.54) is 4.68 Å². The van der Waals surface area contributed by atoms with Gasteiger partial charge in [0.2, 0.25) is 5.95 Å². The molecular weight excluding hydrogens is 398 g/mol. The van der Waals surface area contributed by atoms with E-state index in [4.69, 9.17) is 5.11 Å². The first-order valence-corrected chi connectivity index (χ1v) is 9.83. The van der Waals surface area contributed by atoms with Crippen LogP contribution in [-0.2, 0) is 11.3 Å². The maximum Gasteiger partial charge on any atom is 0.325 e. The minimum atomic E-state index is -0.960. The maximum atomic E-state index is 12.1. The number of anilines is 2. The fourth-order valence-electron chi connectivity index (χ4n) is 3.24. The molecule has 3 aromatic heterocycles. The Bertz CT molecular complexity index is 1270. The quantitative estimate of drug-likeness (QED) is 0.421. The second-order valence-electron chi connectivity index (χ2n) is 7.40. The zero-order chi connectivity index (χ0) is 21.4. The van der Waals surface area contributed by atoms with E-state index in [2.05, 4.69) is 25.8 Å². The number of fused-ring (bicyclic) bond motifs is 1. The van der Waals surface area contributed by atoms with Gasteiger partial charge in [0.25, 0.3) is 5.91 Å². The van der Waals surface area contributed by atoms with Gasteiger partial charge in [0.05, 0.1) is 6.20 Å². The first-order valence-electron chi connectivity index (χ1n) is 9.83. The molecule has 0 spiro atoms. The molecule has 156 valence electrons. The lowest BCUT2D eigenvalue weighted by atomic mass is 10.1. The van der Waals surface area contributed by atoms with E-state index in [1.54, 1.807) is 35.2 Å². The molecule has 1 aromatic carbocycles. The number of hydrogen-bond donors (Lipinski definition) is 3. The van der Waals surface area contributed by atoms with Crippen LogP contribution in [0.5, 0.6) is 0 Å². The van der Waals surface area contributed by atoms with Crippen LogP contribution >= 0.6 is 0 Å². The largest absolute Gasteiger partial charge is 0.480 e. The van der Waals surface area contributed by atoms with Gasteiger partial charge in [0, 0.05) is 40.8 Å². The number of pyridine rings is 1. The van der Waals surface area contributed by atoms with E-state index in [-0.39, 0.29) is 12.5 Å². The van der Waals surface area contributed by atoms with E-state index in [1.807, 2.05) is 24.3 Å². The van der Waals surface area contributed by atoms with Crippen LogP contribution in [0.15, 0.2) is 55.0 Å². The van der Waals surface area contributed by atoms with Crippen LogP contribution in [0.2, 0.25) is 0 Å². The summed E-state index contributed by atoms with van der Waals surface area (Å²) in [6, 6.07) is 11.2. The molecule has 0 unspecified atom stereocenters. The minimum Gasteiger partial charge on any atom is -0.480 e. The van der Waals surface area contributed by atoms with Crippen molar-refractivity contribution in [2.45, 2.75) is 25.4 Å². The molecule has 1 saturated carbocycles. The highest BCUT2D eigenvalue weighted by Crippen LogP contribution is 2.25. The van der Waals surface area contributed by atoms with Gasteiger partial charge >= 0.3 is 5.97 Å². The lowest BCUT2D eigenvalue weighted by molar-refractivity contribution is -0.137. The van der Waals surface area contributed by atoms with Gasteiger partial charge < -0.3 is 15.7 Å². The predicted octanol–water partition coefficient (Wildman–Crippen LogP) is 2.31. The summed E-state index contributed by atoms with van der Waals surface area (Å²) in [7, 11) is 0. The Kier molecular flexibility index (Phi) is 4.58. The van der Waals surface area contributed by atoms with E-state index >= 15 is 0 Å². The number of carbonyl (C=O) groups is 2. The molecule has 31 heavy (non-hydrogen) atoms. The third-order valence-electron chi connectivity index (χ3n) is 4.92. The highest BCUT2D eigenvalue weighted by atomic mass is 16.4. The second kappa shape index (κ2) is 7.56. The third kappa shape index (κ3) is 4.08.